The van der Waals surface area contributed by atoms with Gasteiger partial charge in [-0.25, -0.2) is 9.13 Å². The average molecular weight is 1310 g/mol. The molecule has 0 aromatic heterocycles. The van der Waals surface area contributed by atoms with E-state index in [2.05, 4.69) is 48.5 Å². The van der Waals surface area contributed by atoms with Crippen LogP contribution in [0, 0.1) is 17.8 Å². The summed E-state index contributed by atoms with van der Waals surface area (Å²) in [6, 6.07) is 0. The number of esters is 4. The number of hydrogen-bond acceptors (Lipinski definition) is 15. The highest BCUT2D eigenvalue weighted by molar-refractivity contribution is 7.47. The van der Waals surface area contributed by atoms with Gasteiger partial charge in [-0.05, 0) is 43.4 Å². The highest BCUT2D eigenvalue weighted by atomic mass is 31.2. The minimum Gasteiger partial charge on any atom is -0.462 e. The summed E-state index contributed by atoms with van der Waals surface area (Å²) < 4.78 is 68.3. The first-order valence-corrected chi connectivity index (χ1v) is 39.4. The summed E-state index contributed by atoms with van der Waals surface area (Å²) in [4.78, 5) is 72.5. The molecule has 3 unspecified atom stereocenters. The zero-order chi connectivity index (χ0) is 65.9. The van der Waals surface area contributed by atoms with E-state index in [0.29, 0.717) is 25.7 Å². The molecule has 0 aliphatic carbocycles. The molecular weight excluding hydrogens is 1170 g/mol. The first kappa shape index (κ1) is 87.1. The molecule has 0 saturated heterocycles. The number of hydrogen-bond donors (Lipinski definition) is 3. The molecule has 0 spiro atoms. The summed E-state index contributed by atoms with van der Waals surface area (Å²) in [5.41, 5.74) is 0. The van der Waals surface area contributed by atoms with E-state index in [1.165, 1.54) is 154 Å². The van der Waals surface area contributed by atoms with Crippen molar-refractivity contribution in [3.63, 3.8) is 0 Å². The van der Waals surface area contributed by atoms with Gasteiger partial charge < -0.3 is 33.8 Å². The molecule has 0 amide bonds. The third-order valence-corrected chi connectivity index (χ3v) is 18.4. The van der Waals surface area contributed by atoms with Crippen molar-refractivity contribution in [3.8, 4) is 0 Å². The Morgan fingerprint density at radius 3 is 0.854 bits per heavy atom. The van der Waals surface area contributed by atoms with Crippen LogP contribution in [0.2, 0.25) is 0 Å². The fourth-order valence-corrected chi connectivity index (χ4v) is 12.1. The summed E-state index contributed by atoms with van der Waals surface area (Å²) in [7, 11) is -9.90. The maximum atomic E-state index is 13.0. The van der Waals surface area contributed by atoms with Crippen LogP contribution in [-0.2, 0) is 65.4 Å². The van der Waals surface area contributed by atoms with Gasteiger partial charge in [0.25, 0.3) is 0 Å². The van der Waals surface area contributed by atoms with Crippen LogP contribution in [0.5, 0.6) is 0 Å². The Labute approximate surface area is 543 Å². The fourth-order valence-electron chi connectivity index (χ4n) is 10.5. The van der Waals surface area contributed by atoms with E-state index < -0.39 is 97.5 Å². The Kier molecular flexibility index (Phi) is 59.6. The highest BCUT2D eigenvalue weighted by Gasteiger charge is 2.30. The zero-order valence-corrected chi connectivity index (χ0v) is 59.7. The minimum atomic E-state index is -4.95. The Morgan fingerprint density at radius 1 is 0.326 bits per heavy atom. The summed E-state index contributed by atoms with van der Waals surface area (Å²) in [5.74, 6) is 0.140. The molecule has 0 bridgehead atoms. The second-order valence-corrected chi connectivity index (χ2v) is 29.4. The van der Waals surface area contributed by atoms with E-state index >= 15 is 0 Å². The number of ether oxygens (including phenoxy) is 4. The van der Waals surface area contributed by atoms with Gasteiger partial charge in [-0.1, -0.05) is 299 Å². The molecule has 0 aliphatic rings. The Bertz CT molecular complexity index is 1750. The van der Waals surface area contributed by atoms with Crippen LogP contribution in [0.3, 0.4) is 0 Å². The lowest BCUT2D eigenvalue weighted by Crippen LogP contribution is -2.30. The number of phosphoric acid groups is 2. The molecule has 0 aliphatic heterocycles. The normalized spacial score (nSPS) is 14.5. The first-order valence-electron chi connectivity index (χ1n) is 36.4. The molecule has 0 aromatic rings. The predicted molar refractivity (Wildman–Crippen MR) is 358 cm³/mol. The average Bonchev–Trinajstić information content (AvgIpc) is 3.65. The summed E-state index contributed by atoms with van der Waals surface area (Å²) in [5, 5.41) is 10.6. The maximum Gasteiger partial charge on any atom is 0.472 e. The van der Waals surface area contributed by atoms with Crippen LogP contribution in [0.1, 0.15) is 350 Å². The fraction of sp³-hybridized carbons (Fsp3) is 0.943. The number of aliphatic hydroxyl groups excluding tert-OH is 1. The lowest BCUT2D eigenvalue weighted by atomic mass is 10.00. The zero-order valence-electron chi connectivity index (χ0n) is 57.9. The first-order chi connectivity index (χ1) is 42.8. The van der Waals surface area contributed by atoms with E-state index in [0.717, 1.165) is 114 Å². The van der Waals surface area contributed by atoms with Crippen molar-refractivity contribution in [1.82, 2.24) is 0 Å². The molecule has 19 heteroatoms. The molecule has 528 valence electrons. The molecule has 0 radical (unpaired) electrons. The molecule has 0 aromatic carbocycles. The molecule has 6 atom stereocenters. The van der Waals surface area contributed by atoms with Crippen LogP contribution in [0.15, 0.2) is 0 Å². The van der Waals surface area contributed by atoms with Crippen molar-refractivity contribution in [2.24, 2.45) is 17.8 Å². The smallest absolute Gasteiger partial charge is 0.462 e. The minimum absolute atomic E-state index is 0.106. The van der Waals surface area contributed by atoms with E-state index in [4.69, 9.17) is 37.0 Å². The van der Waals surface area contributed by atoms with Crippen LogP contribution in [0.4, 0.5) is 0 Å². The van der Waals surface area contributed by atoms with Gasteiger partial charge in [0.05, 0.1) is 26.4 Å². The number of carbonyl (C=O) groups is 4. The van der Waals surface area contributed by atoms with Crippen molar-refractivity contribution in [1.29, 1.82) is 0 Å². The second-order valence-electron chi connectivity index (χ2n) is 26.5. The third kappa shape index (κ3) is 63.2. The Morgan fingerprint density at radius 2 is 0.573 bits per heavy atom. The standard InChI is InChI=1S/C70H136O17P2/c1-8-10-11-12-13-14-17-25-30-39-46-53-69(74)87-66(58-81-68(73)52-45-38-33-32-36-43-50-63(7)9-2)60-85-89(78,79)83-56-64(71)55-82-88(76,77)84-59-65(57-80-67(72)51-44-37-29-24-21-20-23-28-35-42-49-62(5)6)86-70(75)54-47-40-31-26-19-16-15-18-22-27-34-41-48-61(3)4/h61-66,71H,8-60H2,1-7H3,(H,76,77)(H,78,79)/t63?,64-,65-,66-/m1/s1. The Hall–Kier alpha value is -1.94. The molecule has 0 saturated carbocycles. The predicted octanol–water partition coefficient (Wildman–Crippen LogP) is 19.8. The second kappa shape index (κ2) is 61.0. The third-order valence-electron chi connectivity index (χ3n) is 16.5. The molecular formula is C70H136O17P2. The SMILES string of the molecule is CCCCCCCCCCCCCC(=O)O[C@H](COC(=O)CCCCCCCCC(C)CC)COP(=O)(O)OC[C@H](O)COP(=O)(O)OC[C@@H](COC(=O)CCCCCCCCCCCCC(C)C)OC(=O)CCCCCCCCCCCCCCC(C)C. The maximum absolute atomic E-state index is 13.0. The van der Waals surface area contributed by atoms with Crippen molar-refractivity contribution in [2.45, 2.75) is 369 Å². The van der Waals surface area contributed by atoms with Crippen molar-refractivity contribution >= 4 is 39.5 Å². The van der Waals surface area contributed by atoms with Gasteiger partial charge in [-0.2, -0.15) is 0 Å². The molecule has 0 heterocycles. The summed E-state index contributed by atoms with van der Waals surface area (Å²) in [6.45, 7) is 11.8. The molecule has 3 N–H and O–H groups in total. The topological polar surface area (TPSA) is 237 Å². The molecule has 0 fully saturated rings. The van der Waals surface area contributed by atoms with Crippen LogP contribution < -0.4 is 0 Å². The molecule has 89 heavy (non-hydrogen) atoms. The van der Waals surface area contributed by atoms with Gasteiger partial charge >= 0.3 is 39.5 Å². The van der Waals surface area contributed by atoms with Gasteiger partial charge in [0.1, 0.15) is 19.3 Å². The van der Waals surface area contributed by atoms with Crippen molar-refractivity contribution < 1.29 is 80.2 Å². The summed E-state index contributed by atoms with van der Waals surface area (Å²) in [6.07, 6.45) is 44.3. The van der Waals surface area contributed by atoms with E-state index in [9.17, 15) is 43.2 Å². The summed E-state index contributed by atoms with van der Waals surface area (Å²) >= 11 is 0. The Balaban J connectivity index is 5.26. The largest absolute Gasteiger partial charge is 0.472 e. The number of unbranched alkanes of at least 4 members (excludes halogenated alkanes) is 35. The lowest BCUT2D eigenvalue weighted by Gasteiger charge is -2.21. The van der Waals surface area contributed by atoms with Gasteiger partial charge in [0.15, 0.2) is 12.2 Å². The number of phosphoric ester groups is 2. The van der Waals surface area contributed by atoms with Crippen molar-refractivity contribution in [3.05, 3.63) is 0 Å². The van der Waals surface area contributed by atoms with Crippen LogP contribution in [-0.4, -0.2) is 96.7 Å². The van der Waals surface area contributed by atoms with E-state index in [-0.39, 0.29) is 25.7 Å². The lowest BCUT2D eigenvalue weighted by molar-refractivity contribution is -0.161. The van der Waals surface area contributed by atoms with Gasteiger partial charge in [-0.3, -0.25) is 37.3 Å². The monoisotopic (exact) mass is 1310 g/mol. The highest BCUT2D eigenvalue weighted by Crippen LogP contribution is 2.45. The number of carbonyl (C=O) groups excluding carboxylic acids is 4. The number of rotatable bonds is 68. The quantitative estimate of drug-likeness (QED) is 0.0222. The van der Waals surface area contributed by atoms with Crippen LogP contribution >= 0.6 is 15.6 Å². The van der Waals surface area contributed by atoms with Crippen molar-refractivity contribution in [2.75, 3.05) is 39.6 Å². The number of aliphatic hydroxyl groups is 1. The molecule has 17 nitrogen and oxygen atoms in total. The van der Waals surface area contributed by atoms with Crippen LogP contribution in [0.25, 0.3) is 0 Å². The van der Waals surface area contributed by atoms with Gasteiger partial charge in [-0.15, -0.1) is 0 Å². The van der Waals surface area contributed by atoms with Gasteiger partial charge in [0, 0.05) is 25.7 Å². The van der Waals surface area contributed by atoms with E-state index in [1.54, 1.807) is 0 Å². The molecule has 0 rings (SSSR count). The van der Waals surface area contributed by atoms with Gasteiger partial charge in [0.2, 0.25) is 0 Å². The van der Waals surface area contributed by atoms with E-state index in [1.807, 2.05) is 0 Å².